The van der Waals surface area contributed by atoms with E-state index in [0.29, 0.717) is 18.0 Å². The molecule has 1 saturated carbocycles. The normalized spacial score (nSPS) is 14.0. The molecular formula is C22H20N4O. The predicted molar refractivity (Wildman–Crippen MR) is 105 cm³/mol. The Labute approximate surface area is 156 Å². The van der Waals surface area contributed by atoms with E-state index < -0.39 is 0 Å². The summed E-state index contributed by atoms with van der Waals surface area (Å²) in [6, 6.07) is 17.9. The minimum atomic E-state index is -0.0981. The lowest BCUT2D eigenvalue weighted by molar-refractivity contribution is 0.624. The molecule has 5 nitrogen and oxygen atoms in total. The van der Waals surface area contributed by atoms with Crippen LogP contribution in [0.5, 0.6) is 0 Å². The molecule has 2 aromatic heterocycles. The van der Waals surface area contributed by atoms with Gasteiger partial charge in [0.15, 0.2) is 0 Å². The monoisotopic (exact) mass is 356 g/mol. The number of fused-ring (bicyclic) bond motifs is 1. The molecular weight excluding hydrogens is 336 g/mol. The second kappa shape index (κ2) is 6.20. The highest BCUT2D eigenvalue weighted by Gasteiger charge is 2.30. The lowest BCUT2D eigenvalue weighted by atomic mass is 10.1. The summed E-state index contributed by atoms with van der Waals surface area (Å²) in [6.07, 6.45) is 4.05. The van der Waals surface area contributed by atoms with Crippen molar-refractivity contribution in [3.63, 3.8) is 0 Å². The third-order valence-electron chi connectivity index (χ3n) is 5.26. The Morgan fingerprint density at radius 3 is 2.52 bits per heavy atom. The van der Waals surface area contributed by atoms with Crippen LogP contribution in [-0.4, -0.2) is 19.6 Å². The van der Waals surface area contributed by atoms with Crippen LogP contribution >= 0.6 is 0 Å². The van der Waals surface area contributed by atoms with Crippen LogP contribution in [-0.2, 0) is 6.54 Å². The number of aryl methyl sites for hydroxylation is 1. The van der Waals surface area contributed by atoms with Crippen molar-refractivity contribution in [2.24, 2.45) is 0 Å². The Morgan fingerprint density at radius 1 is 1.04 bits per heavy atom. The van der Waals surface area contributed by atoms with Crippen molar-refractivity contribution in [3.8, 4) is 5.69 Å². The van der Waals surface area contributed by atoms with E-state index in [2.05, 4.69) is 24.2 Å². The van der Waals surface area contributed by atoms with Crippen LogP contribution in [0.3, 0.4) is 0 Å². The smallest absolute Gasteiger partial charge is 0.265 e. The van der Waals surface area contributed by atoms with Gasteiger partial charge < -0.3 is 0 Å². The molecule has 0 aliphatic heterocycles. The van der Waals surface area contributed by atoms with Gasteiger partial charge in [0.05, 0.1) is 24.1 Å². The molecule has 0 spiro atoms. The number of aromatic nitrogens is 4. The van der Waals surface area contributed by atoms with Crippen molar-refractivity contribution in [3.05, 3.63) is 88.0 Å². The molecule has 0 N–H and O–H groups in total. The van der Waals surface area contributed by atoms with Gasteiger partial charge in [-0.3, -0.25) is 4.79 Å². The minimum absolute atomic E-state index is 0.0981. The molecule has 0 unspecified atom stereocenters. The summed E-state index contributed by atoms with van der Waals surface area (Å²) in [5.74, 6) is 0.435. The lowest BCUT2D eigenvalue weighted by Crippen LogP contribution is -2.26. The Hall–Kier alpha value is -3.21. The maximum absolute atomic E-state index is 13.3. The zero-order valence-corrected chi connectivity index (χ0v) is 15.2. The van der Waals surface area contributed by atoms with Crippen molar-refractivity contribution in [1.29, 1.82) is 0 Å². The van der Waals surface area contributed by atoms with Gasteiger partial charge in [-0.05, 0) is 43.0 Å². The number of rotatable bonds is 4. The van der Waals surface area contributed by atoms with E-state index >= 15 is 0 Å². The summed E-state index contributed by atoms with van der Waals surface area (Å²) in [5.41, 5.74) is 4.68. The number of nitrogens with zero attached hydrogens (tertiary/aromatic N) is 4. The highest BCUT2D eigenvalue weighted by molar-refractivity contribution is 5.82. The molecule has 0 bridgehead atoms. The lowest BCUT2D eigenvalue weighted by Gasteiger charge is -2.11. The molecule has 27 heavy (non-hydrogen) atoms. The van der Waals surface area contributed by atoms with E-state index in [4.69, 9.17) is 5.10 Å². The second-order valence-corrected chi connectivity index (χ2v) is 7.20. The third kappa shape index (κ3) is 2.76. The molecule has 1 aliphatic carbocycles. The van der Waals surface area contributed by atoms with Gasteiger partial charge >= 0.3 is 0 Å². The van der Waals surface area contributed by atoms with E-state index in [9.17, 15) is 4.79 Å². The van der Waals surface area contributed by atoms with Crippen LogP contribution in [0.4, 0.5) is 0 Å². The summed E-state index contributed by atoms with van der Waals surface area (Å²) < 4.78 is 3.36. The fraction of sp³-hybridized carbons (Fsp3) is 0.227. The first-order valence-corrected chi connectivity index (χ1v) is 9.31. The van der Waals surface area contributed by atoms with E-state index in [0.717, 1.165) is 40.7 Å². The Morgan fingerprint density at radius 2 is 1.78 bits per heavy atom. The molecule has 2 aromatic carbocycles. The maximum Gasteiger partial charge on any atom is 0.293 e. The molecule has 2 heterocycles. The van der Waals surface area contributed by atoms with Gasteiger partial charge in [0.1, 0.15) is 5.52 Å². The molecule has 0 amide bonds. The molecule has 0 saturated heterocycles. The topological polar surface area (TPSA) is 52.7 Å². The van der Waals surface area contributed by atoms with Gasteiger partial charge in [0.2, 0.25) is 0 Å². The first-order valence-electron chi connectivity index (χ1n) is 9.31. The average molecular weight is 356 g/mol. The molecule has 0 atom stereocenters. The quantitative estimate of drug-likeness (QED) is 0.559. The fourth-order valence-electron chi connectivity index (χ4n) is 3.57. The van der Waals surface area contributed by atoms with Gasteiger partial charge in [0.25, 0.3) is 5.56 Å². The van der Waals surface area contributed by atoms with Gasteiger partial charge in [0, 0.05) is 11.3 Å². The van der Waals surface area contributed by atoms with Crippen LogP contribution < -0.4 is 5.56 Å². The highest BCUT2D eigenvalue weighted by Crippen LogP contribution is 2.41. The minimum Gasteiger partial charge on any atom is -0.265 e. The summed E-state index contributed by atoms with van der Waals surface area (Å²) in [5, 5.41) is 10.2. The van der Waals surface area contributed by atoms with Crippen LogP contribution in [0.1, 0.15) is 35.6 Å². The number of para-hydroxylation sites is 1. The zero-order chi connectivity index (χ0) is 18.4. The van der Waals surface area contributed by atoms with Crippen LogP contribution in [0.2, 0.25) is 0 Å². The van der Waals surface area contributed by atoms with Crippen molar-refractivity contribution in [2.45, 2.75) is 32.2 Å². The molecule has 5 rings (SSSR count). The van der Waals surface area contributed by atoms with Crippen molar-refractivity contribution in [2.75, 3.05) is 0 Å². The summed E-state index contributed by atoms with van der Waals surface area (Å²) in [7, 11) is 0. The standard InChI is InChI=1S/C22H20N4O/c1-15-7-5-6-8-17(15)14-25-22(27)21-19(20(24-25)16-11-12-16)13-23-26(21)18-9-3-2-4-10-18/h2-10,13,16H,11-12,14H2,1H3. The summed E-state index contributed by atoms with van der Waals surface area (Å²) in [6.45, 7) is 2.54. The van der Waals surface area contributed by atoms with Gasteiger partial charge in [-0.2, -0.15) is 10.2 Å². The highest BCUT2D eigenvalue weighted by atomic mass is 16.1. The average Bonchev–Trinajstić information content (AvgIpc) is 3.44. The zero-order valence-electron chi connectivity index (χ0n) is 15.2. The fourth-order valence-corrected chi connectivity index (χ4v) is 3.57. The number of benzene rings is 2. The third-order valence-corrected chi connectivity index (χ3v) is 5.26. The van der Waals surface area contributed by atoms with E-state index in [1.807, 2.05) is 42.5 Å². The molecule has 5 heteroatoms. The maximum atomic E-state index is 13.3. The Bertz CT molecular complexity index is 1190. The van der Waals surface area contributed by atoms with Gasteiger partial charge in [-0.25, -0.2) is 9.36 Å². The molecule has 4 aromatic rings. The van der Waals surface area contributed by atoms with Crippen molar-refractivity contribution < 1.29 is 0 Å². The predicted octanol–water partition coefficient (Wildman–Crippen LogP) is 3.82. The Balaban J connectivity index is 1.73. The van der Waals surface area contributed by atoms with E-state index in [1.165, 1.54) is 0 Å². The van der Waals surface area contributed by atoms with Crippen LogP contribution in [0, 0.1) is 6.92 Å². The van der Waals surface area contributed by atoms with Crippen molar-refractivity contribution in [1.82, 2.24) is 19.6 Å². The summed E-state index contributed by atoms with van der Waals surface area (Å²) in [4.78, 5) is 13.3. The molecule has 0 radical (unpaired) electrons. The SMILES string of the molecule is Cc1ccccc1Cn1nc(C2CC2)c2cnn(-c3ccccc3)c2c1=O. The largest absolute Gasteiger partial charge is 0.293 e. The number of hydrogen-bond acceptors (Lipinski definition) is 3. The molecule has 134 valence electrons. The van der Waals surface area contributed by atoms with Crippen LogP contribution in [0.25, 0.3) is 16.6 Å². The molecule has 1 aliphatic rings. The number of hydrogen-bond donors (Lipinski definition) is 0. The summed E-state index contributed by atoms with van der Waals surface area (Å²) >= 11 is 0. The van der Waals surface area contributed by atoms with Crippen molar-refractivity contribution >= 4 is 10.9 Å². The first-order chi connectivity index (χ1) is 13.2. The van der Waals surface area contributed by atoms with Gasteiger partial charge in [-0.15, -0.1) is 0 Å². The van der Waals surface area contributed by atoms with E-state index in [1.54, 1.807) is 15.6 Å². The van der Waals surface area contributed by atoms with Gasteiger partial charge in [-0.1, -0.05) is 42.5 Å². The first kappa shape index (κ1) is 16.0. The van der Waals surface area contributed by atoms with Crippen LogP contribution in [0.15, 0.2) is 65.6 Å². The van der Waals surface area contributed by atoms with E-state index in [-0.39, 0.29) is 5.56 Å². The Kier molecular flexibility index (Phi) is 3.67. The second-order valence-electron chi connectivity index (χ2n) is 7.20. The molecule has 1 fully saturated rings.